The molecule has 2 N–H and O–H groups in total. The van der Waals surface area contributed by atoms with Gasteiger partial charge in [-0.2, -0.15) is 26.3 Å². The van der Waals surface area contributed by atoms with E-state index < -0.39 is 40.8 Å². The molecule has 100 valence electrons. The number of hydrogen-bond donors (Lipinski definition) is 1. The van der Waals surface area contributed by atoms with Crippen LogP contribution in [0.4, 0.5) is 30.7 Å². The minimum Gasteiger partial charge on any atom is -0.366 e. The van der Waals surface area contributed by atoms with Crippen molar-refractivity contribution in [1.29, 1.82) is 0 Å². The lowest BCUT2D eigenvalue weighted by molar-refractivity contribution is -0.147. The van der Waals surface area contributed by atoms with Gasteiger partial charge in [0.2, 0.25) is 5.91 Å². The number of benzene rings is 1. The molecule has 0 bridgehead atoms. The largest absolute Gasteiger partial charge is 0.420 e. The maximum absolute atomic E-state index is 13.2. The van der Waals surface area contributed by atoms with Crippen LogP contribution in [0.2, 0.25) is 0 Å². The van der Waals surface area contributed by atoms with Gasteiger partial charge in [0, 0.05) is 0 Å². The van der Waals surface area contributed by atoms with E-state index in [9.17, 15) is 35.5 Å². The van der Waals surface area contributed by atoms with Crippen LogP contribution in [0.15, 0.2) is 12.1 Å². The molecule has 0 atom stereocenters. The lowest BCUT2D eigenvalue weighted by atomic mass is 10.0. The van der Waals surface area contributed by atoms with Crippen LogP contribution < -0.4 is 5.73 Å². The number of hydrogen-bond acceptors (Lipinski definition) is 1. The van der Waals surface area contributed by atoms with Crippen molar-refractivity contribution in [3.05, 3.63) is 34.6 Å². The van der Waals surface area contributed by atoms with E-state index >= 15 is 0 Å². The first-order valence-corrected chi connectivity index (χ1v) is 4.23. The van der Waals surface area contributed by atoms with E-state index in [0.717, 1.165) is 0 Å². The first-order valence-electron chi connectivity index (χ1n) is 4.23. The number of halogens is 7. The summed E-state index contributed by atoms with van der Waals surface area (Å²) in [5.74, 6) is -4.23. The van der Waals surface area contributed by atoms with Gasteiger partial charge in [0.05, 0.1) is 11.1 Å². The third-order valence-corrected chi connectivity index (χ3v) is 2.00. The van der Waals surface area contributed by atoms with Crippen LogP contribution in [0, 0.1) is 5.82 Å². The Morgan fingerprint density at radius 3 is 1.83 bits per heavy atom. The van der Waals surface area contributed by atoms with Crippen molar-refractivity contribution < 1.29 is 35.5 Å². The molecule has 0 saturated carbocycles. The van der Waals surface area contributed by atoms with E-state index in [1.807, 2.05) is 0 Å². The quantitative estimate of drug-likeness (QED) is 0.787. The second kappa shape index (κ2) is 4.14. The van der Waals surface area contributed by atoms with E-state index in [-0.39, 0.29) is 12.1 Å². The van der Waals surface area contributed by atoms with Crippen LogP contribution >= 0.6 is 0 Å². The van der Waals surface area contributed by atoms with Crippen LogP contribution in [-0.2, 0) is 12.4 Å². The smallest absolute Gasteiger partial charge is 0.366 e. The molecule has 1 aromatic carbocycles. The number of amides is 1. The zero-order valence-electron chi connectivity index (χ0n) is 8.29. The van der Waals surface area contributed by atoms with Gasteiger partial charge in [-0.25, -0.2) is 4.39 Å². The molecule has 0 unspecified atom stereocenters. The number of carbonyl (C=O) groups excluding carboxylic acids is 1. The van der Waals surface area contributed by atoms with Gasteiger partial charge < -0.3 is 5.73 Å². The second-order valence-corrected chi connectivity index (χ2v) is 3.21. The van der Waals surface area contributed by atoms with E-state index in [4.69, 9.17) is 0 Å². The molecule has 0 radical (unpaired) electrons. The average Bonchev–Trinajstić information content (AvgIpc) is 2.12. The van der Waals surface area contributed by atoms with Gasteiger partial charge >= 0.3 is 12.4 Å². The molecule has 1 amide bonds. The minimum absolute atomic E-state index is 0.0324. The van der Waals surface area contributed by atoms with Crippen LogP contribution in [0.1, 0.15) is 21.5 Å². The van der Waals surface area contributed by atoms with Crippen molar-refractivity contribution >= 4 is 5.91 Å². The lowest BCUT2D eigenvalue weighted by Gasteiger charge is -2.15. The molecule has 18 heavy (non-hydrogen) atoms. The summed E-state index contributed by atoms with van der Waals surface area (Å²) in [5.41, 5.74) is -1.23. The van der Waals surface area contributed by atoms with E-state index in [1.54, 1.807) is 0 Å². The van der Waals surface area contributed by atoms with Crippen molar-refractivity contribution in [2.75, 3.05) is 0 Å². The number of nitrogens with two attached hydrogens (primary N) is 1. The summed E-state index contributed by atoms with van der Waals surface area (Å²) >= 11 is 0. The topological polar surface area (TPSA) is 43.1 Å². The van der Waals surface area contributed by atoms with Crippen LogP contribution in [0.5, 0.6) is 0 Å². The van der Waals surface area contributed by atoms with E-state index in [2.05, 4.69) is 5.73 Å². The molecule has 0 spiro atoms. The molecule has 1 rings (SSSR count). The van der Waals surface area contributed by atoms with Crippen LogP contribution in [0.25, 0.3) is 0 Å². The normalized spacial score (nSPS) is 12.6. The summed E-state index contributed by atoms with van der Waals surface area (Å²) in [6, 6.07) is 0.224. The van der Waals surface area contributed by atoms with Gasteiger partial charge in [0.15, 0.2) is 0 Å². The minimum atomic E-state index is -5.46. The third kappa shape index (κ3) is 2.54. The van der Waals surface area contributed by atoms with Crippen molar-refractivity contribution in [2.45, 2.75) is 12.4 Å². The molecule has 2 nitrogen and oxygen atoms in total. The van der Waals surface area contributed by atoms with Crippen molar-refractivity contribution in [2.24, 2.45) is 5.73 Å². The standard InChI is InChI=1S/C9H4F7NO/c10-6-4(8(11,12)13)2-1-3(7(17)18)5(6)9(14,15)16/h1-2H,(H2,17,18). The third-order valence-electron chi connectivity index (χ3n) is 2.00. The average molecular weight is 275 g/mol. The van der Waals surface area contributed by atoms with Crippen molar-refractivity contribution in [3.63, 3.8) is 0 Å². The molecule has 0 aliphatic carbocycles. The van der Waals surface area contributed by atoms with Gasteiger partial charge in [0.1, 0.15) is 11.4 Å². The molecule has 0 aliphatic rings. The maximum Gasteiger partial charge on any atom is 0.420 e. The Balaban J connectivity index is 3.67. The van der Waals surface area contributed by atoms with Gasteiger partial charge in [0.25, 0.3) is 0 Å². The summed E-state index contributed by atoms with van der Waals surface area (Å²) in [6.45, 7) is 0. The van der Waals surface area contributed by atoms with Crippen LogP contribution in [-0.4, -0.2) is 5.91 Å². The van der Waals surface area contributed by atoms with Crippen molar-refractivity contribution in [3.8, 4) is 0 Å². The molecular weight excluding hydrogens is 271 g/mol. The fourth-order valence-corrected chi connectivity index (χ4v) is 1.28. The number of primary amides is 1. The molecule has 1 aromatic rings. The fraction of sp³-hybridized carbons (Fsp3) is 0.222. The Kier molecular flexibility index (Phi) is 3.28. The molecule has 0 aliphatic heterocycles. The first-order chi connectivity index (χ1) is 7.96. The second-order valence-electron chi connectivity index (χ2n) is 3.21. The van der Waals surface area contributed by atoms with Gasteiger partial charge in [-0.3, -0.25) is 4.79 Å². The zero-order chi connectivity index (χ0) is 14.3. The summed E-state index contributed by atoms with van der Waals surface area (Å²) in [4.78, 5) is 10.7. The van der Waals surface area contributed by atoms with Gasteiger partial charge in [-0.1, -0.05) is 0 Å². The Bertz CT molecular complexity index is 489. The summed E-state index contributed by atoms with van der Waals surface area (Å²) < 4.78 is 87.2. The number of alkyl halides is 6. The summed E-state index contributed by atoms with van der Waals surface area (Å²) in [6.07, 6.45) is -10.8. The monoisotopic (exact) mass is 275 g/mol. The molecular formula is C9H4F7NO. The highest BCUT2D eigenvalue weighted by Crippen LogP contribution is 2.39. The SMILES string of the molecule is NC(=O)c1ccc(C(F)(F)F)c(F)c1C(F)(F)F. The van der Waals surface area contributed by atoms with E-state index in [1.165, 1.54) is 0 Å². The fourth-order valence-electron chi connectivity index (χ4n) is 1.28. The molecule has 0 heterocycles. The zero-order valence-corrected chi connectivity index (χ0v) is 8.29. The Labute approximate surface area is 95.2 Å². The highest BCUT2D eigenvalue weighted by molar-refractivity contribution is 5.94. The highest BCUT2D eigenvalue weighted by Gasteiger charge is 2.44. The lowest BCUT2D eigenvalue weighted by Crippen LogP contribution is -2.23. The molecule has 9 heteroatoms. The highest BCUT2D eigenvalue weighted by atomic mass is 19.4. The summed E-state index contributed by atoms with van der Waals surface area (Å²) in [5, 5.41) is 0. The Morgan fingerprint density at radius 1 is 1.00 bits per heavy atom. The van der Waals surface area contributed by atoms with E-state index in [0.29, 0.717) is 0 Å². The Hall–Kier alpha value is -1.80. The molecule has 0 aromatic heterocycles. The van der Waals surface area contributed by atoms with Gasteiger partial charge in [-0.15, -0.1) is 0 Å². The number of carbonyl (C=O) groups is 1. The predicted octanol–water partition coefficient (Wildman–Crippen LogP) is 2.96. The first kappa shape index (κ1) is 14.3. The number of rotatable bonds is 1. The molecule has 0 saturated heterocycles. The van der Waals surface area contributed by atoms with Crippen molar-refractivity contribution in [1.82, 2.24) is 0 Å². The predicted molar refractivity (Wildman–Crippen MR) is 44.9 cm³/mol. The molecule has 0 fully saturated rings. The van der Waals surface area contributed by atoms with Crippen LogP contribution in [0.3, 0.4) is 0 Å². The van der Waals surface area contributed by atoms with Gasteiger partial charge in [-0.05, 0) is 12.1 Å². The maximum atomic E-state index is 13.2. The Morgan fingerprint density at radius 2 is 1.50 bits per heavy atom. The summed E-state index contributed by atoms with van der Waals surface area (Å²) in [7, 11) is 0.